The normalized spacial score (nSPS) is 12.0. The van der Waals surface area contributed by atoms with Gasteiger partial charge in [0.2, 0.25) is 0 Å². The Morgan fingerprint density at radius 2 is 0.872 bits per heavy atom. The van der Waals surface area contributed by atoms with Crippen LogP contribution in [0.25, 0.3) is 66.1 Å². The first-order chi connectivity index (χ1) is 19.3. The molecule has 0 saturated heterocycles. The number of hydrogen-bond donors (Lipinski definition) is 0. The van der Waals surface area contributed by atoms with Gasteiger partial charge in [-0.05, 0) is 95.7 Å². The molecule has 1 aliphatic carbocycles. The summed E-state index contributed by atoms with van der Waals surface area (Å²) in [7, 11) is 0. The molecule has 0 aliphatic heterocycles. The summed E-state index contributed by atoms with van der Waals surface area (Å²) < 4.78 is 0. The Labute approximate surface area is 228 Å². The van der Waals surface area contributed by atoms with Crippen molar-refractivity contribution < 1.29 is 0 Å². The average Bonchev–Trinajstić information content (AvgIpc) is 3.38. The molecule has 182 valence electrons. The molecule has 0 heteroatoms. The Bertz CT molecular complexity index is 2030. The Hall–Kier alpha value is -4.94. The van der Waals surface area contributed by atoms with Crippen molar-refractivity contribution in [2.45, 2.75) is 6.42 Å². The quantitative estimate of drug-likeness (QED) is 0.229. The van der Waals surface area contributed by atoms with E-state index in [-0.39, 0.29) is 0 Å². The summed E-state index contributed by atoms with van der Waals surface area (Å²) in [5.74, 6) is 0. The lowest BCUT2D eigenvalue weighted by Crippen LogP contribution is -1.93. The fourth-order valence-corrected chi connectivity index (χ4v) is 6.36. The molecule has 0 aromatic heterocycles. The van der Waals surface area contributed by atoms with E-state index in [0.717, 1.165) is 6.42 Å². The van der Waals surface area contributed by atoms with Crippen LogP contribution in [0.1, 0.15) is 11.1 Å². The molecule has 0 unspecified atom stereocenters. The van der Waals surface area contributed by atoms with Crippen LogP contribution in [0, 0.1) is 0 Å². The predicted molar refractivity (Wildman–Crippen MR) is 166 cm³/mol. The smallest absolute Gasteiger partial charge is 0.000684 e. The van der Waals surface area contributed by atoms with E-state index in [1.165, 1.54) is 77.2 Å². The molecule has 0 atom stereocenters. The van der Waals surface area contributed by atoms with E-state index >= 15 is 0 Å². The van der Waals surface area contributed by atoms with Crippen LogP contribution in [0.4, 0.5) is 0 Å². The molecule has 1 aliphatic rings. The van der Waals surface area contributed by atoms with Gasteiger partial charge in [0.1, 0.15) is 0 Å². The van der Waals surface area contributed by atoms with Crippen molar-refractivity contribution in [3.05, 3.63) is 157 Å². The minimum atomic E-state index is 0.942. The van der Waals surface area contributed by atoms with Crippen LogP contribution >= 0.6 is 0 Å². The van der Waals surface area contributed by atoms with Crippen LogP contribution in [-0.4, -0.2) is 0 Å². The van der Waals surface area contributed by atoms with E-state index in [2.05, 4.69) is 146 Å². The molecule has 0 bridgehead atoms. The second kappa shape index (κ2) is 8.82. The minimum absolute atomic E-state index is 0.942. The van der Waals surface area contributed by atoms with Gasteiger partial charge in [0.05, 0.1) is 0 Å². The van der Waals surface area contributed by atoms with Crippen LogP contribution in [0.5, 0.6) is 0 Å². The molecule has 0 N–H and O–H groups in total. The fraction of sp³-hybridized carbons (Fsp3) is 0.0256. The summed E-state index contributed by atoms with van der Waals surface area (Å²) in [6.45, 7) is 0. The van der Waals surface area contributed by atoms with Gasteiger partial charge in [-0.15, -0.1) is 0 Å². The molecule has 7 aromatic carbocycles. The Kier molecular flexibility index (Phi) is 5.00. The van der Waals surface area contributed by atoms with Gasteiger partial charge < -0.3 is 0 Å². The van der Waals surface area contributed by atoms with E-state index in [1.54, 1.807) is 0 Å². The molecule has 7 aromatic rings. The summed E-state index contributed by atoms with van der Waals surface area (Å²) in [6, 6.07) is 53.5. The van der Waals surface area contributed by atoms with Crippen molar-refractivity contribution in [1.82, 2.24) is 0 Å². The number of benzene rings is 7. The van der Waals surface area contributed by atoms with Crippen molar-refractivity contribution in [2.75, 3.05) is 0 Å². The lowest BCUT2D eigenvalue weighted by Gasteiger charge is -2.16. The number of fused-ring (bicyclic) bond motifs is 5. The van der Waals surface area contributed by atoms with Crippen molar-refractivity contribution in [3.63, 3.8) is 0 Å². The summed E-state index contributed by atoms with van der Waals surface area (Å²) in [6.07, 6.45) is 0.942. The third kappa shape index (κ3) is 3.68. The fourth-order valence-electron chi connectivity index (χ4n) is 6.36. The van der Waals surface area contributed by atoms with Crippen LogP contribution in [0.3, 0.4) is 0 Å². The van der Waals surface area contributed by atoms with E-state index in [0.29, 0.717) is 0 Å². The SMILES string of the molecule is c1ccc(-c2c(-c3ccc4ccccc4c3)ccc3c2Cc2cc(-c4ccc5ccccc5c4)ccc2-3)cc1. The molecule has 0 radical (unpaired) electrons. The molecule has 0 fully saturated rings. The number of rotatable bonds is 3. The van der Waals surface area contributed by atoms with Crippen molar-refractivity contribution in [2.24, 2.45) is 0 Å². The summed E-state index contributed by atoms with van der Waals surface area (Å²) in [4.78, 5) is 0. The maximum Gasteiger partial charge on any atom is -0.000684 e. The summed E-state index contributed by atoms with van der Waals surface area (Å²) >= 11 is 0. The highest BCUT2D eigenvalue weighted by Gasteiger charge is 2.25. The second-order valence-corrected chi connectivity index (χ2v) is 10.6. The second-order valence-electron chi connectivity index (χ2n) is 10.6. The van der Waals surface area contributed by atoms with Gasteiger partial charge in [-0.1, -0.05) is 133 Å². The standard InChI is InChI=1S/C39H26/c1-2-10-28(11-3-1)39-36(33-17-15-27-9-5-7-13-30(27)23-33)20-21-37-35-19-18-32(24-34(35)25-38(37)39)31-16-14-26-8-4-6-12-29(26)22-31/h1-24H,25H2. The van der Waals surface area contributed by atoms with E-state index in [9.17, 15) is 0 Å². The highest BCUT2D eigenvalue weighted by molar-refractivity contribution is 5.97. The molecular weight excluding hydrogens is 468 g/mol. The van der Waals surface area contributed by atoms with Gasteiger partial charge in [-0.2, -0.15) is 0 Å². The third-order valence-electron chi connectivity index (χ3n) is 8.28. The van der Waals surface area contributed by atoms with Gasteiger partial charge in [0, 0.05) is 0 Å². The first-order valence-electron chi connectivity index (χ1n) is 13.6. The maximum atomic E-state index is 2.41. The third-order valence-corrected chi connectivity index (χ3v) is 8.28. The van der Waals surface area contributed by atoms with Crippen LogP contribution < -0.4 is 0 Å². The average molecular weight is 495 g/mol. The maximum absolute atomic E-state index is 2.41. The van der Waals surface area contributed by atoms with Crippen molar-refractivity contribution >= 4 is 21.5 Å². The molecule has 0 saturated carbocycles. The van der Waals surface area contributed by atoms with Gasteiger partial charge in [-0.3, -0.25) is 0 Å². The predicted octanol–water partition coefficient (Wildman–Crippen LogP) is 10.6. The zero-order chi connectivity index (χ0) is 25.8. The van der Waals surface area contributed by atoms with Gasteiger partial charge in [0.15, 0.2) is 0 Å². The molecule has 8 rings (SSSR count). The summed E-state index contributed by atoms with van der Waals surface area (Å²) in [5.41, 5.74) is 13.3. The van der Waals surface area contributed by atoms with Crippen LogP contribution in [0.15, 0.2) is 146 Å². The zero-order valence-electron chi connectivity index (χ0n) is 21.6. The van der Waals surface area contributed by atoms with Crippen molar-refractivity contribution in [3.8, 4) is 44.5 Å². The molecule has 39 heavy (non-hydrogen) atoms. The Morgan fingerprint density at radius 1 is 0.333 bits per heavy atom. The van der Waals surface area contributed by atoms with Gasteiger partial charge >= 0.3 is 0 Å². The van der Waals surface area contributed by atoms with E-state index in [4.69, 9.17) is 0 Å². The number of hydrogen-bond acceptors (Lipinski definition) is 0. The highest BCUT2D eigenvalue weighted by atomic mass is 14.3. The first kappa shape index (κ1) is 22.1. The zero-order valence-corrected chi connectivity index (χ0v) is 21.6. The molecule has 0 nitrogen and oxygen atoms in total. The summed E-state index contributed by atoms with van der Waals surface area (Å²) in [5, 5.41) is 5.11. The lowest BCUT2D eigenvalue weighted by molar-refractivity contribution is 1.26. The van der Waals surface area contributed by atoms with Crippen LogP contribution in [-0.2, 0) is 6.42 Å². The topological polar surface area (TPSA) is 0 Å². The minimum Gasteiger partial charge on any atom is -0.0622 e. The molecule has 0 spiro atoms. The lowest BCUT2D eigenvalue weighted by atomic mass is 9.87. The van der Waals surface area contributed by atoms with Crippen LogP contribution in [0.2, 0.25) is 0 Å². The molecular formula is C39H26. The first-order valence-corrected chi connectivity index (χ1v) is 13.6. The van der Waals surface area contributed by atoms with E-state index in [1.807, 2.05) is 0 Å². The monoisotopic (exact) mass is 494 g/mol. The van der Waals surface area contributed by atoms with Gasteiger partial charge in [0.25, 0.3) is 0 Å². The highest BCUT2D eigenvalue weighted by Crippen LogP contribution is 2.47. The molecule has 0 heterocycles. The van der Waals surface area contributed by atoms with E-state index < -0.39 is 0 Å². The largest absolute Gasteiger partial charge is 0.0622 e. The van der Waals surface area contributed by atoms with Crippen molar-refractivity contribution in [1.29, 1.82) is 0 Å². The molecule has 0 amide bonds. The Morgan fingerprint density at radius 3 is 1.62 bits per heavy atom. The Balaban J connectivity index is 1.28. The van der Waals surface area contributed by atoms with Gasteiger partial charge in [-0.25, -0.2) is 0 Å².